The van der Waals surface area contributed by atoms with Crippen molar-refractivity contribution in [2.24, 2.45) is 11.8 Å². The molecule has 0 saturated heterocycles. The van der Waals surface area contributed by atoms with Gasteiger partial charge in [0.25, 0.3) is 0 Å². The van der Waals surface area contributed by atoms with E-state index in [0.29, 0.717) is 28.6 Å². The van der Waals surface area contributed by atoms with E-state index >= 15 is 0 Å². The zero-order chi connectivity index (χ0) is 18.5. The normalized spacial score (nSPS) is 22.8. The van der Waals surface area contributed by atoms with E-state index in [1.54, 1.807) is 7.11 Å². The Morgan fingerprint density at radius 1 is 1.31 bits per heavy atom. The van der Waals surface area contributed by atoms with Crippen LogP contribution in [0.4, 0.5) is 0 Å². The zero-order valence-electron chi connectivity index (χ0n) is 15.5. The van der Waals surface area contributed by atoms with Gasteiger partial charge in [-0.15, -0.1) is 5.10 Å². The molecule has 1 saturated carbocycles. The number of hydrogen-bond acceptors (Lipinski definition) is 5. The maximum Gasteiger partial charge on any atom is 0.230 e. The highest BCUT2D eigenvalue weighted by Gasteiger charge is 2.28. The van der Waals surface area contributed by atoms with Crippen LogP contribution in [0.25, 0.3) is 11.4 Å². The molecule has 2 aromatic rings. The van der Waals surface area contributed by atoms with Crippen molar-refractivity contribution in [3.8, 4) is 17.1 Å². The predicted molar refractivity (Wildman–Crippen MR) is 103 cm³/mol. The molecule has 1 amide bonds. The number of thioether (sulfide) groups is 1. The fraction of sp³-hybridized carbons (Fsp3) is 0.526. The Bertz CT molecular complexity index is 731. The second kappa shape index (κ2) is 8.58. The monoisotopic (exact) mass is 374 g/mol. The molecule has 1 fully saturated rings. The van der Waals surface area contributed by atoms with Gasteiger partial charge >= 0.3 is 0 Å². The van der Waals surface area contributed by atoms with Gasteiger partial charge in [-0.1, -0.05) is 38.5 Å². The summed E-state index contributed by atoms with van der Waals surface area (Å²) < 4.78 is 5.16. The maximum atomic E-state index is 12.3. The fourth-order valence-electron chi connectivity index (χ4n) is 3.35. The van der Waals surface area contributed by atoms with Crippen molar-refractivity contribution in [3.05, 3.63) is 24.3 Å². The molecule has 1 aliphatic carbocycles. The lowest BCUT2D eigenvalue weighted by Crippen LogP contribution is -2.44. The first-order valence-electron chi connectivity index (χ1n) is 9.06. The number of amides is 1. The van der Waals surface area contributed by atoms with E-state index in [0.717, 1.165) is 17.7 Å². The molecule has 7 heteroatoms. The Morgan fingerprint density at radius 2 is 2.08 bits per heavy atom. The maximum absolute atomic E-state index is 12.3. The Hall–Kier alpha value is -2.02. The van der Waals surface area contributed by atoms with Gasteiger partial charge in [-0.05, 0) is 42.5 Å². The lowest BCUT2D eigenvalue weighted by Gasteiger charge is -2.34. The lowest BCUT2D eigenvalue weighted by molar-refractivity contribution is -0.120. The van der Waals surface area contributed by atoms with E-state index in [1.807, 2.05) is 24.3 Å². The van der Waals surface area contributed by atoms with E-state index in [9.17, 15) is 4.79 Å². The number of nitrogens with zero attached hydrogens (tertiary/aromatic N) is 2. The van der Waals surface area contributed by atoms with Crippen LogP contribution >= 0.6 is 11.8 Å². The molecule has 1 aliphatic rings. The zero-order valence-corrected chi connectivity index (χ0v) is 16.3. The number of aromatic nitrogens is 3. The van der Waals surface area contributed by atoms with Gasteiger partial charge in [-0.2, -0.15) is 0 Å². The molecule has 0 spiro atoms. The fourth-order valence-corrected chi connectivity index (χ4v) is 3.96. The summed E-state index contributed by atoms with van der Waals surface area (Å²) in [6, 6.07) is 7.89. The summed E-state index contributed by atoms with van der Waals surface area (Å²) >= 11 is 1.35. The highest BCUT2D eigenvalue weighted by atomic mass is 32.2. The van der Waals surface area contributed by atoms with E-state index in [1.165, 1.54) is 24.6 Å². The number of methoxy groups -OCH3 is 1. The van der Waals surface area contributed by atoms with Crippen LogP contribution < -0.4 is 10.1 Å². The smallest absolute Gasteiger partial charge is 0.230 e. The highest BCUT2D eigenvalue weighted by molar-refractivity contribution is 7.99. The number of H-pyrrole nitrogens is 1. The average molecular weight is 375 g/mol. The SMILES string of the molecule is COc1ccc(-c2nc(SCC(=O)N[C@@H]3CCC[C@H](C)[C@H]3C)n[nH]2)cc1. The summed E-state index contributed by atoms with van der Waals surface area (Å²) in [6.45, 7) is 4.50. The van der Waals surface area contributed by atoms with Crippen molar-refractivity contribution in [2.45, 2.75) is 44.3 Å². The molecular weight excluding hydrogens is 348 g/mol. The van der Waals surface area contributed by atoms with Crippen LogP contribution in [0.15, 0.2) is 29.4 Å². The number of ether oxygens (including phenoxy) is 1. The van der Waals surface area contributed by atoms with Crippen molar-refractivity contribution in [2.75, 3.05) is 12.9 Å². The van der Waals surface area contributed by atoms with Crippen molar-refractivity contribution in [1.29, 1.82) is 0 Å². The molecule has 0 unspecified atom stereocenters. The first kappa shape index (κ1) is 18.8. The van der Waals surface area contributed by atoms with Crippen molar-refractivity contribution in [3.63, 3.8) is 0 Å². The third kappa shape index (κ3) is 4.58. The first-order chi connectivity index (χ1) is 12.6. The van der Waals surface area contributed by atoms with E-state index < -0.39 is 0 Å². The van der Waals surface area contributed by atoms with E-state index in [-0.39, 0.29) is 11.9 Å². The third-order valence-electron chi connectivity index (χ3n) is 5.21. The molecule has 6 nitrogen and oxygen atoms in total. The number of benzene rings is 1. The minimum absolute atomic E-state index is 0.0525. The largest absolute Gasteiger partial charge is 0.497 e. The Balaban J connectivity index is 1.51. The molecule has 26 heavy (non-hydrogen) atoms. The van der Waals surface area contributed by atoms with Gasteiger partial charge in [-0.3, -0.25) is 9.89 Å². The van der Waals surface area contributed by atoms with Crippen LogP contribution in [0.2, 0.25) is 0 Å². The lowest BCUT2D eigenvalue weighted by atomic mass is 9.78. The number of carbonyl (C=O) groups excluding carboxylic acids is 1. The van der Waals surface area contributed by atoms with Gasteiger partial charge in [-0.25, -0.2) is 4.98 Å². The number of nitrogens with one attached hydrogen (secondary N) is 2. The van der Waals surface area contributed by atoms with Gasteiger partial charge in [0, 0.05) is 11.6 Å². The van der Waals surface area contributed by atoms with Gasteiger partial charge in [0.15, 0.2) is 5.82 Å². The molecule has 3 atom stereocenters. The predicted octanol–water partition coefficient (Wildman–Crippen LogP) is 3.51. The molecule has 1 aromatic carbocycles. The number of rotatable bonds is 6. The second-order valence-electron chi connectivity index (χ2n) is 6.93. The summed E-state index contributed by atoms with van der Waals surface area (Å²) in [6.07, 6.45) is 3.52. The van der Waals surface area contributed by atoms with Crippen LogP contribution in [0.5, 0.6) is 5.75 Å². The van der Waals surface area contributed by atoms with Crippen LogP contribution in [-0.4, -0.2) is 40.0 Å². The van der Waals surface area contributed by atoms with E-state index in [4.69, 9.17) is 4.74 Å². The van der Waals surface area contributed by atoms with Crippen LogP contribution in [0.3, 0.4) is 0 Å². The van der Waals surface area contributed by atoms with Gasteiger partial charge in [0.1, 0.15) is 5.75 Å². The summed E-state index contributed by atoms with van der Waals surface area (Å²) in [5.41, 5.74) is 0.930. The molecule has 2 N–H and O–H groups in total. The summed E-state index contributed by atoms with van der Waals surface area (Å²) in [7, 11) is 1.64. The average Bonchev–Trinajstić information content (AvgIpc) is 3.13. The van der Waals surface area contributed by atoms with Crippen LogP contribution in [-0.2, 0) is 4.79 Å². The summed E-state index contributed by atoms with van der Waals surface area (Å²) in [4.78, 5) is 16.7. The number of hydrogen-bond donors (Lipinski definition) is 2. The molecule has 0 aliphatic heterocycles. The van der Waals surface area contributed by atoms with Crippen molar-refractivity contribution >= 4 is 17.7 Å². The van der Waals surface area contributed by atoms with Crippen LogP contribution in [0, 0.1) is 11.8 Å². The number of aromatic amines is 1. The van der Waals surface area contributed by atoms with E-state index in [2.05, 4.69) is 34.3 Å². The standard InChI is InChI=1S/C19H26N4O2S/c1-12-5-4-6-16(13(12)2)20-17(24)11-26-19-21-18(22-23-19)14-7-9-15(25-3)10-8-14/h7-10,12-13,16H,4-6,11H2,1-3H3,(H,20,24)(H,21,22,23)/t12-,13+,16+/m0/s1. The first-order valence-corrected chi connectivity index (χ1v) is 10.0. The summed E-state index contributed by atoms with van der Waals surface area (Å²) in [5.74, 6) is 3.06. The molecular formula is C19H26N4O2S. The van der Waals surface area contributed by atoms with Crippen LogP contribution in [0.1, 0.15) is 33.1 Å². The molecule has 3 rings (SSSR count). The van der Waals surface area contributed by atoms with Crippen molar-refractivity contribution < 1.29 is 9.53 Å². The van der Waals surface area contributed by atoms with Gasteiger partial charge in [0.2, 0.25) is 11.1 Å². The Kier molecular flexibility index (Phi) is 6.19. The molecule has 0 bridgehead atoms. The second-order valence-corrected chi connectivity index (χ2v) is 7.87. The molecule has 1 aromatic heterocycles. The van der Waals surface area contributed by atoms with Gasteiger partial charge < -0.3 is 10.1 Å². The highest BCUT2D eigenvalue weighted by Crippen LogP contribution is 2.29. The molecule has 1 heterocycles. The minimum Gasteiger partial charge on any atom is -0.497 e. The quantitative estimate of drug-likeness (QED) is 0.756. The Morgan fingerprint density at radius 3 is 2.81 bits per heavy atom. The van der Waals surface area contributed by atoms with Gasteiger partial charge in [0.05, 0.1) is 12.9 Å². The Labute approximate surface area is 158 Å². The number of carbonyl (C=O) groups is 1. The van der Waals surface area contributed by atoms with Crippen molar-refractivity contribution in [1.82, 2.24) is 20.5 Å². The molecule has 0 radical (unpaired) electrons. The topological polar surface area (TPSA) is 79.9 Å². The summed E-state index contributed by atoms with van der Waals surface area (Å²) in [5, 5.41) is 10.9. The molecule has 140 valence electrons. The third-order valence-corrected chi connectivity index (χ3v) is 6.06. The minimum atomic E-state index is 0.0525.